The molecule has 32 heavy (non-hydrogen) atoms. The van der Waals surface area contributed by atoms with Gasteiger partial charge in [0.05, 0.1) is 25.1 Å². The number of hydrogen-bond donors (Lipinski definition) is 1. The van der Waals surface area contributed by atoms with Gasteiger partial charge >= 0.3 is 0 Å². The molecule has 1 atom stereocenters. The second-order valence-electron chi connectivity index (χ2n) is 8.75. The van der Waals surface area contributed by atoms with Crippen molar-refractivity contribution in [1.29, 1.82) is 0 Å². The second kappa shape index (κ2) is 11.4. The van der Waals surface area contributed by atoms with Gasteiger partial charge in [-0.15, -0.1) is 0 Å². The topological polar surface area (TPSA) is 75.7 Å². The van der Waals surface area contributed by atoms with E-state index in [4.69, 9.17) is 4.74 Å². The Morgan fingerprint density at radius 2 is 1.75 bits per heavy atom. The van der Waals surface area contributed by atoms with Crippen LogP contribution in [-0.4, -0.2) is 34.2 Å². The fourth-order valence-electron chi connectivity index (χ4n) is 3.69. The van der Waals surface area contributed by atoms with Crippen molar-refractivity contribution in [3.05, 3.63) is 59.2 Å². The van der Waals surface area contributed by atoms with Gasteiger partial charge in [0, 0.05) is 13.0 Å². The highest BCUT2D eigenvalue weighted by Crippen LogP contribution is 2.26. The number of carbonyl (C=O) groups excluding carboxylic acids is 1. The minimum absolute atomic E-state index is 0.0825. The van der Waals surface area contributed by atoms with Gasteiger partial charge in [0.15, 0.2) is 0 Å². The van der Waals surface area contributed by atoms with E-state index in [-0.39, 0.29) is 24.9 Å². The Kier molecular flexibility index (Phi) is 9.13. The van der Waals surface area contributed by atoms with Crippen LogP contribution in [0.4, 0.5) is 5.69 Å². The molecule has 0 fully saturated rings. The standard InChI is InChI=1S/C25H36N2O4S/c1-18(2)16-23(21-11-13-22(31-5)14-12-21)26-25(28)8-7-15-27(32(6,29)30)24-17-19(3)9-10-20(24)4/h9-14,17-18,23H,7-8,15-16H2,1-6H3,(H,26,28)/t23-/m1/s1. The van der Waals surface area contributed by atoms with Crippen LogP contribution in [0.25, 0.3) is 0 Å². The number of sulfonamides is 1. The molecule has 0 bridgehead atoms. The van der Waals surface area contributed by atoms with Crippen molar-refractivity contribution in [2.24, 2.45) is 5.92 Å². The lowest BCUT2D eigenvalue weighted by Crippen LogP contribution is -2.33. The highest BCUT2D eigenvalue weighted by atomic mass is 32.2. The van der Waals surface area contributed by atoms with Crippen molar-refractivity contribution in [3.8, 4) is 5.75 Å². The Balaban J connectivity index is 2.05. The molecular formula is C25H36N2O4S. The van der Waals surface area contributed by atoms with E-state index in [0.29, 0.717) is 18.0 Å². The van der Waals surface area contributed by atoms with Crippen LogP contribution in [0.15, 0.2) is 42.5 Å². The lowest BCUT2D eigenvalue weighted by Gasteiger charge is -2.25. The Labute approximate surface area is 193 Å². The molecule has 0 heterocycles. The van der Waals surface area contributed by atoms with Gasteiger partial charge in [0.1, 0.15) is 5.75 Å². The highest BCUT2D eigenvalue weighted by molar-refractivity contribution is 7.92. The summed E-state index contributed by atoms with van der Waals surface area (Å²) in [5.41, 5.74) is 3.58. The zero-order valence-corrected chi connectivity index (χ0v) is 20.8. The van der Waals surface area contributed by atoms with Crippen molar-refractivity contribution < 1.29 is 17.9 Å². The van der Waals surface area contributed by atoms with Crippen molar-refractivity contribution in [1.82, 2.24) is 5.32 Å². The Morgan fingerprint density at radius 3 is 2.31 bits per heavy atom. The van der Waals surface area contributed by atoms with E-state index in [1.165, 1.54) is 10.6 Å². The third kappa shape index (κ3) is 7.55. The molecule has 1 amide bonds. The van der Waals surface area contributed by atoms with Gasteiger partial charge in [-0.3, -0.25) is 9.10 Å². The van der Waals surface area contributed by atoms with Crippen molar-refractivity contribution in [2.45, 2.75) is 53.0 Å². The summed E-state index contributed by atoms with van der Waals surface area (Å²) in [4.78, 5) is 12.7. The van der Waals surface area contributed by atoms with E-state index in [1.807, 2.05) is 56.3 Å². The lowest BCUT2D eigenvalue weighted by molar-refractivity contribution is -0.122. The van der Waals surface area contributed by atoms with Gasteiger partial charge in [0.25, 0.3) is 0 Å². The summed E-state index contributed by atoms with van der Waals surface area (Å²) in [6, 6.07) is 13.4. The average Bonchev–Trinajstić information content (AvgIpc) is 2.71. The van der Waals surface area contributed by atoms with Crippen LogP contribution < -0.4 is 14.4 Å². The van der Waals surface area contributed by atoms with Crippen LogP contribution in [0, 0.1) is 19.8 Å². The first-order valence-electron chi connectivity index (χ1n) is 11.0. The molecule has 0 radical (unpaired) electrons. The van der Waals surface area contributed by atoms with Gasteiger partial charge in [-0.25, -0.2) is 8.42 Å². The number of methoxy groups -OCH3 is 1. The summed E-state index contributed by atoms with van der Waals surface area (Å²) >= 11 is 0. The van der Waals surface area contributed by atoms with Gasteiger partial charge in [-0.2, -0.15) is 0 Å². The van der Waals surface area contributed by atoms with E-state index < -0.39 is 10.0 Å². The molecule has 0 aliphatic heterocycles. The molecule has 2 rings (SSSR count). The van der Waals surface area contributed by atoms with Gasteiger partial charge in [-0.05, 0) is 67.5 Å². The van der Waals surface area contributed by atoms with Crippen molar-refractivity contribution in [3.63, 3.8) is 0 Å². The van der Waals surface area contributed by atoms with Crippen LogP contribution in [-0.2, 0) is 14.8 Å². The minimum atomic E-state index is -3.45. The number of rotatable bonds is 11. The quantitative estimate of drug-likeness (QED) is 0.524. The zero-order valence-electron chi connectivity index (χ0n) is 20.0. The third-order valence-electron chi connectivity index (χ3n) is 5.36. The summed E-state index contributed by atoms with van der Waals surface area (Å²) in [5.74, 6) is 1.10. The number of nitrogens with zero attached hydrogens (tertiary/aromatic N) is 1. The maximum atomic E-state index is 12.7. The molecule has 0 spiro atoms. The molecule has 0 saturated carbocycles. The molecule has 0 saturated heterocycles. The molecule has 0 aromatic heterocycles. The van der Waals surface area contributed by atoms with Crippen molar-refractivity contribution >= 4 is 21.6 Å². The van der Waals surface area contributed by atoms with Gasteiger partial charge in [0.2, 0.25) is 15.9 Å². The first-order chi connectivity index (χ1) is 15.0. The lowest BCUT2D eigenvalue weighted by atomic mass is 9.96. The normalized spacial score (nSPS) is 12.5. The number of anilines is 1. The summed E-state index contributed by atoms with van der Waals surface area (Å²) in [6.45, 7) is 8.33. The van der Waals surface area contributed by atoms with Gasteiger partial charge < -0.3 is 10.1 Å². The maximum Gasteiger partial charge on any atom is 0.232 e. The fourth-order valence-corrected chi connectivity index (χ4v) is 4.70. The monoisotopic (exact) mass is 460 g/mol. The average molecular weight is 461 g/mol. The Morgan fingerprint density at radius 1 is 1.09 bits per heavy atom. The molecular weight excluding hydrogens is 424 g/mol. The number of hydrogen-bond acceptors (Lipinski definition) is 4. The summed E-state index contributed by atoms with van der Waals surface area (Å²) in [7, 11) is -1.83. The number of nitrogens with one attached hydrogen (secondary N) is 1. The minimum Gasteiger partial charge on any atom is -0.497 e. The largest absolute Gasteiger partial charge is 0.497 e. The van der Waals surface area contributed by atoms with E-state index in [2.05, 4.69) is 19.2 Å². The van der Waals surface area contributed by atoms with E-state index >= 15 is 0 Å². The Hall–Kier alpha value is -2.54. The summed E-state index contributed by atoms with van der Waals surface area (Å²) < 4.78 is 31.5. The van der Waals surface area contributed by atoms with Crippen LogP contribution in [0.2, 0.25) is 0 Å². The third-order valence-corrected chi connectivity index (χ3v) is 6.54. The van der Waals surface area contributed by atoms with Gasteiger partial charge in [-0.1, -0.05) is 38.1 Å². The first-order valence-corrected chi connectivity index (χ1v) is 12.8. The van der Waals surface area contributed by atoms with Crippen LogP contribution in [0.5, 0.6) is 5.75 Å². The molecule has 2 aromatic carbocycles. The Bertz CT molecular complexity index is 1000. The maximum absolute atomic E-state index is 12.7. The molecule has 0 aliphatic carbocycles. The van der Waals surface area contributed by atoms with Crippen molar-refractivity contribution in [2.75, 3.05) is 24.2 Å². The number of carbonyl (C=O) groups is 1. The first kappa shape index (κ1) is 25.7. The number of benzene rings is 2. The molecule has 7 heteroatoms. The molecule has 0 aliphatic rings. The molecule has 1 N–H and O–H groups in total. The zero-order chi connectivity index (χ0) is 23.9. The fraction of sp³-hybridized carbons (Fsp3) is 0.480. The SMILES string of the molecule is COc1ccc([C@@H](CC(C)C)NC(=O)CCCN(c2cc(C)ccc2C)S(C)(=O)=O)cc1. The summed E-state index contributed by atoms with van der Waals surface area (Å²) in [6.07, 6.45) is 2.71. The van der Waals surface area contributed by atoms with E-state index in [9.17, 15) is 13.2 Å². The molecule has 2 aromatic rings. The number of ether oxygens (including phenoxy) is 1. The van der Waals surface area contributed by atoms with Crippen LogP contribution in [0.1, 0.15) is 55.8 Å². The molecule has 0 unspecified atom stereocenters. The predicted octanol–water partition coefficient (Wildman–Crippen LogP) is 4.76. The smallest absolute Gasteiger partial charge is 0.232 e. The molecule has 6 nitrogen and oxygen atoms in total. The van der Waals surface area contributed by atoms with E-state index in [0.717, 1.165) is 28.9 Å². The van der Waals surface area contributed by atoms with Crippen LogP contribution >= 0.6 is 0 Å². The predicted molar refractivity (Wildman–Crippen MR) is 131 cm³/mol. The molecule has 176 valence electrons. The van der Waals surface area contributed by atoms with Crippen LogP contribution in [0.3, 0.4) is 0 Å². The number of amides is 1. The highest BCUT2D eigenvalue weighted by Gasteiger charge is 2.21. The second-order valence-corrected chi connectivity index (χ2v) is 10.7. The summed E-state index contributed by atoms with van der Waals surface area (Å²) in [5, 5.41) is 3.13. The van der Waals surface area contributed by atoms with E-state index in [1.54, 1.807) is 7.11 Å². The number of aryl methyl sites for hydroxylation is 2.